The van der Waals surface area contributed by atoms with E-state index >= 15 is 0 Å². The second kappa shape index (κ2) is 8.99. The van der Waals surface area contributed by atoms with Gasteiger partial charge in [0.1, 0.15) is 0 Å². The van der Waals surface area contributed by atoms with E-state index in [1.54, 1.807) is 36.4 Å². The van der Waals surface area contributed by atoms with Gasteiger partial charge < -0.3 is 10.1 Å². The van der Waals surface area contributed by atoms with Crippen LogP contribution in [0.3, 0.4) is 0 Å². The standard InChI is InChI=1S/C24H16F2N2O5/c25-19-9-8-16(11-20(19)26)27-21(29)13-33-24(32)15-5-3-4-14(10-15)12-28-22(30)17-6-1-2-7-18(17)23(28)31/h1-11H,12-13H2,(H,27,29). The average molecular weight is 450 g/mol. The Hall–Kier alpha value is -4.40. The van der Waals surface area contributed by atoms with Gasteiger partial charge in [-0.25, -0.2) is 13.6 Å². The van der Waals surface area contributed by atoms with Crippen LogP contribution in [0, 0.1) is 11.6 Å². The van der Waals surface area contributed by atoms with E-state index in [1.807, 2.05) is 0 Å². The van der Waals surface area contributed by atoms with Gasteiger partial charge in [-0.15, -0.1) is 0 Å². The number of benzene rings is 3. The van der Waals surface area contributed by atoms with Crippen LogP contribution < -0.4 is 5.32 Å². The molecule has 9 heteroatoms. The lowest BCUT2D eigenvalue weighted by Crippen LogP contribution is -2.29. The van der Waals surface area contributed by atoms with Gasteiger partial charge in [-0.05, 0) is 42.0 Å². The quantitative estimate of drug-likeness (QED) is 0.458. The van der Waals surface area contributed by atoms with Gasteiger partial charge in [0.2, 0.25) is 0 Å². The molecule has 7 nitrogen and oxygen atoms in total. The van der Waals surface area contributed by atoms with Gasteiger partial charge in [0.15, 0.2) is 18.2 Å². The Kier molecular flexibility index (Phi) is 5.95. The van der Waals surface area contributed by atoms with Crippen LogP contribution in [0.2, 0.25) is 0 Å². The molecule has 3 aromatic rings. The van der Waals surface area contributed by atoms with Crippen molar-refractivity contribution in [3.8, 4) is 0 Å². The number of rotatable bonds is 6. The van der Waals surface area contributed by atoms with Crippen LogP contribution in [0.25, 0.3) is 0 Å². The predicted molar refractivity (Wildman–Crippen MR) is 112 cm³/mol. The minimum atomic E-state index is -1.13. The minimum Gasteiger partial charge on any atom is -0.452 e. The van der Waals surface area contributed by atoms with Gasteiger partial charge in [0, 0.05) is 11.8 Å². The fourth-order valence-corrected chi connectivity index (χ4v) is 3.35. The van der Waals surface area contributed by atoms with Gasteiger partial charge >= 0.3 is 5.97 Å². The monoisotopic (exact) mass is 450 g/mol. The summed E-state index contributed by atoms with van der Waals surface area (Å²) in [6, 6.07) is 15.5. The lowest BCUT2D eigenvalue weighted by atomic mass is 10.1. The number of nitrogens with one attached hydrogen (secondary N) is 1. The summed E-state index contributed by atoms with van der Waals surface area (Å²) in [5, 5.41) is 2.29. The van der Waals surface area contributed by atoms with E-state index in [9.17, 15) is 28.0 Å². The molecule has 33 heavy (non-hydrogen) atoms. The smallest absolute Gasteiger partial charge is 0.338 e. The number of amides is 3. The van der Waals surface area contributed by atoms with Gasteiger partial charge in [0.05, 0.1) is 23.2 Å². The zero-order valence-corrected chi connectivity index (χ0v) is 17.0. The average Bonchev–Trinajstić information content (AvgIpc) is 3.05. The van der Waals surface area contributed by atoms with Crippen LogP contribution in [0.15, 0.2) is 66.7 Å². The fourth-order valence-electron chi connectivity index (χ4n) is 3.35. The van der Waals surface area contributed by atoms with E-state index in [0.717, 1.165) is 17.0 Å². The normalized spacial score (nSPS) is 12.5. The Bertz CT molecular complexity index is 1260. The van der Waals surface area contributed by atoms with E-state index in [2.05, 4.69) is 5.32 Å². The summed E-state index contributed by atoms with van der Waals surface area (Å²) in [7, 11) is 0. The molecule has 0 saturated heterocycles. The number of anilines is 1. The Morgan fingerprint density at radius 1 is 0.848 bits per heavy atom. The van der Waals surface area contributed by atoms with E-state index in [1.165, 1.54) is 18.2 Å². The number of hydrogen-bond acceptors (Lipinski definition) is 5. The van der Waals surface area contributed by atoms with Crippen LogP contribution in [0.4, 0.5) is 14.5 Å². The van der Waals surface area contributed by atoms with Crippen LogP contribution in [0.1, 0.15) is 36.6 Å². The van der Waals surface area contributed by atoms with Gasteiger partial charge in [-0.2, -0.15) is 0 Å². The van der Waals surface area contributed by atoms with Crippen molar-refractivity contribution in [3.05, 3.63) is 101 Å². The van der Waals surface area contributed by atoms with Crippen molar-refractivity contribution in [2.24, 2.45) is 0 Å². The largest absolute Gasteiger partial charge is 0.452 e. The van der Waals surface area contributed by atoms with E-state index in [-0.39, 0.29) is 17.8 Å². The minimum absolute atomic E-state index is 0.0119. The summed E-state index contributed by atoms with van der Waals surface area (Å²) >= 11 is 0. The number of nitrogens with zero attached hydrogens (tertiary/aromatic N) is 1. The van der Waals surface area contributed by atoms with Crippen molar-refractivity contribution in [2.75, 3.05) is 11.9 Å². The zero-order valence-electron chi connectivity index (χ0n) is 17.0. The maximum absolute atomic E-state index is 13.2. The Morgan fingerprint density at radius 2 is 1.55 bits per heavy atom. The molecule has 1 aliphatic rings. The lowest BCUT2D eigenvalue weighted by Gasteiger charge is -2.14. The summed E-state index contributed by atoms with van der Waals surface area (Å²) in [4.78, 5) is 50.4. The summed E-state index contributed by atoms with van der Waals surface area (Å²) in [5.41, 5.74) is 1.29. The zero-order chi connectivity index (χ0) is 23.5. The highest BCUT2D eigenvalue weighted by atomic mass is 19.2. The molecule has 0 unspecified atom stereocenters. The number of carbonyl (C=O) groups excluding carboxylic acids is 4. The number of halogens is 2. The highest BCUT2D eigenvalue weighted by Gasteiger charge is 2.35. The number of fused-ring (bicyclic) bond motifs is 1. The van der Waals surface area contributed by atoms with Crippen LogP contribution in [-0.2, 0) is 16.1 Å². The predicted octanol–water partition coefficient (Wildman–Crippen LogP) is 3.56. The van der Waals surface area contributed by atoms with E-state index in [4.69, 9.17) is 4.74 Å². The van der Waals surface area contributed by atoms with Crippen LogP contribution >= 0.6 is 0 Å². The number of carbonyl (C=O) groups is 4. The fraction of sp³-hybridized carbons (Fsp3) is 0.0833. The first-order valence-corrected chi connectivity index (χ1v) is 9.79. The first kappa shape index (κ1) is 21.8. The molecular formula is C24H16F2N2O5. The number of ether oxygens (including phenoxy) is 1. The summed E-state index contributed by atoms with van der Waals surface area (Å²) in [6.07, 6.45) is 0. The first-order chi connectivity index (χ1) is 15.8. The Morgan fingerprint density at radius 3 is 2.21 bits per heavy atom. The Balaban J connectivity index is 1.37. The number of hydrogen-bond donors (Lipinski definition) is 1. The van der Waals surface area contributed by atoms with Crippen molar-refractivity contribution in [3.63, 3.8) is 0 Å². The molecule has 166 valence electrons. The SMILES string of the molecule is O=C(COC(=O)c1cccc(CN2C(=O)c3ccccc3C2=O)c1)Nc1ccc(F)c(F)c1. The first-order valence-electron chi connectivity index (χ1n) is 9.79. The molecular weight excluding hydrogens is 434 g/mol. The topological polar surface area (TPSA) is 92.8 Å². The molecule has 1 N–H and O–H groups in total. The molecule has 0 radical (unpaired) electrons. The van der Waals surface area contributed by atoms with E-state index < -0.39 is 41.9 Å². The molecule has 0 saturated carbocycles. The summed E-state index contributed by atoms with van der Waals surface area (Å²) < 4.78 is 31.1. The number of imide groups is 1. The molecule has 0 aliphatic carbocycles. The maximum atomic E-state index is 13.2. The van der Waals surface area contributed by atoms with E-state index in [0.29, 0.717) is 16.7 Å². The Labute approximate surface area is 186 Å². The molecule has 3 aromatic carbocycles. The molecule has 0 fully saturated rings. The third kappa shape index (κ3) is 4.62. The molecule has 1 heterocycles. The third-order valence-corrected chi connectivity index (χ3v) is 4.92. The second-order valence-corrected chi connectivity index (χ2v) is 7.20. The molecule has 0 aromatic heterocycles. The molecule has 3 amide bonds. The molecule has 0 atom stereocenters. The van der Waals surface area contributed by atoms with Crippen molar-refractivity contribution in [1.82, 2.24) is 4.90 Å². The van der Waals surface area contributed by atoms with Crippen molar-refractivity contribution in [2.45, 2.75) is 6.54 Å². The third-order valence-electron chi connectivity index (χ3n) is 4.92. The summed E-state index contributed by atoms with van der Waals surface area (Å²) in [6.45, 7) is -0.690. The number of esters is 1. The van der Waals surface area contributed by atoms with Gasteiger partial charge in [-0.3, -0.25) is 19.3 Å². The van der Waals surface area contributed by atoms with Crippen molar-refractivity contribution < 1.29 is 32.7 Å². The van der Waals surface area contributed by atoms with Crippen molar-refractivity contribution >= 4 is 29.4 Å². The molecule has 4 rings (SSSR count). The highest BCUT2D eigenvalue weighted by molar-refractivity contribution is 6.21. The van der Waals surface area contributed by atoms with Crippen LogP contribution in [0.5, 0.6) is 0 Å². The summed E-state index contributed by atoms with van der Waals surface area (Å²) in [5.74, 6) is -4.56. The second-order valence-electron chi connectivity index (χ2n) is 7.20. The van der Waals surface area contributed by atoms with Crippen LogP contribution in [-0.4, -0.2) is 35.2 Å². The maximum Gasteiger partial charge on any atom is 0.338 e. The molecule has 0 bridgehead atoms. The lowest BCUT2D eigenvalue weighted by molar-refractivity contribution is -0.119. The molecule has 1 aliphatic heterocycles. The van der Waals surface area contributed by atoms with Crippen molar-refractivity contribution in [1.29, 1.82) is 0 Å². The van der Waals surface area contributed by atoms with Gasteiger partial charge in [0.25, 0.3) is 17.7 Å². The van der Waals surface area contributed by atoms with Gasteiger partial charge in [-0.1, -0.05) is 24.3 Å². The highest BCUT2D eigenvalue weighted by Crippen LogP contribution is 2.24. The molecule has 0 spiro atoms.